The predicted octanol–water partition coefficient (Wildman–Crippen LogP) is 20.6. The summed E-state index contributed by atoms with van der Waals surface area (Å²) in [6, 6.07) is 34.9. The molecule has 0 N–H and O–H groups in total. The summed E-state index contributed by atoms with van der Waals surface area (Å²) in [5.41, 5.74) is 11.9. The zero-order chi connectivity index (χ0) is 71.0. The third kappa shape index (κ3) is 12.9. The highest BCUT2D eigenvalue weighted by Crippen LogP contribution is 2.63. The molecule has 6 aromatic carbocycles. The molecule has 4 aliphatic heterocycles. The van der Waals surface area contributed by atoms with Crippen LogP contribution in [0.5, 0.6) is 69.0 Å². The van der Waals surface area contributed by atoms with E-state index in [1.54, 1.807) is 54.4 Å². The molecule has 4 aliphatic rings. The Bertz CT molecular complexity index is 4810. The molecule has 4 aromatic heterocycles. The average Bonchev–Trinajstić information content (AvgIpc) is 0.874. The minimum atomic E-state index is -2.34. The first kappa shape index (κ1) is 68.7. The molecule has 0 amide bonds. The second-order valence-corrected chi connectivity index (χ2v) is 29.3. The summed E-state index contributed by atoms with van der Waals surface area (Å²) in [6.45, 7) is 19.6. The van der Waals surface area contributed by atoms with Crippen molar-refractivity contribution in [1.29, 1.82) is 0 Å². The molecule has 0 radical (unpaired) electrons. The van der Waals surface area contributed by atoms with Crippen molar-refractivity contribution in [2.75, 3.05) is 28.4 Å². The van der Waals surface area contributed by atoms with Crippen LogP contribution in [0.15, 0.2) is 184 Å². The van der Waals surface area contributed by atoms with Crippen LogP contribution in [0.25, 0.3) is 35.4 Å². The minimum absolute atomic E-state index is 0.0578. The van der Waals surface area contributed by atoms with Gasteiger partial charge in [-0.1, -0.05) is 86.0 Å². The number of hydrogen-bond donors (Lipinski definition) is 0. The smallest absolute Gasteiger partial charge is 0.421 e. The Kier molecular flexibility index (Phi) is 19.7. The SMILES string of the molecule is C=CC(=O)c1cc(OP2Oc3ccc(/C=C\C)cc3Cc3c(OC)ccn32)c(-c2c(OP3Oc4ccc(/C=C\C)cc4Cc4c(OC)ccn43)cc(C(=O)C=C)c(C)c2OP2Oc3ccc(/C=C\C)cc3Cc3c(OC)ccn32)c(OP2Oc3ccc(/C=C\C)cc3Cc3c(OC)ccn32)c1C. The summed E-state index contributed by atoms with van der Waals surface area (Å²) in [4.78, 5) is 30.2. The number of carbonyl (C=O) groups is 2. The number of ether oxygens (including phenoxy) is 4. The van der Waals surface area contributed by atoms with Crippen molar-refractivity contribution in [3.63, 3.8) is 0 Å². The fourth-order valence-electron chi connectivity index (χ4n) is 13.1. The maximum absolute atomic E-state index is 15.1. The van der Waals surface area contributed by atoms with Gasteiger partial charge in [0, 0.05) is 95.0 Å². The van der Waals surface area contributed by atoms with E-state index in [0.717, 1.165) is 67.3 Å². The van der Waals surface area contributed by atoms with Gasteiger partial charge in [0.05, 0.1) is 62.3 Å². The van der Waals surface area contributed by atoms with Gasteiger partial charge in [-0.2, -0.15) is 0 Å². The highest BCUT2D eigenvalue weighted by Gasteiger charge is 2.41. The zero-order valence-corrected chi connectivity index (χ0v) is 61.6. The number of carbonyl (C=O) groups excluding carboxylic acids is 2. The Balaban J connectivity index is 1.09. The first-order valence-electron chi connectivity index (χ1n) is 33.0. The first-order valence-corrected chi connectivity index (χ1v) is 37.6. The molecular weight excluding hydrogens is 1360 g/mol. The molecule has 102 heavy (non-hydrogen) atoms. The first-order chi connectivity index (χ1) is 49.7. The van der Waals surface area contributed by atoms with Gasteiger partial charge in [-0.15, -0.1) is 0 Å². The van der Waals surface area contributed by atoms with Crippen molar-refractivity contribution < 1.29 is 64.7 Å². The van der Waals surface area contributed by atoms with Gasteiger partial charge < -0.3 is 55.1 Å². The van der Waals surface area contributed by atoms with Crippen LogP contribution in [-0.2, 0) is 25.7 Å². The number of rotatable bonds is 21. The van der Waals surface area contributed by atoms with E-state index < -0.39 is 45.7 Å². The van der Waals surface area contributed by atoms with E-state index in [2.05, 4.69) is 37.4 Å². The van der Waals surface area contributed by atoms with E-state index in [4.69, 9.17) is 55.1 Å². The second kappa shape index (κ2) is 29.2. The molecular formula is C80H74N4O14P4. The number of hydrogen-bond acceptors (Lipinski definition) is 14. The highest BCUT2D eigenvalue weighted by atomic mass is 31.2. The van der Waals surface area contributed by atoms with E-state index in [1.807, 2.05) is 191 Å². The fraction of sp³-hybridized carbons (Fsp3) is 0.175. The topological polar surface area (TPSA) is 165 Å². The van der Waals surface area contributed by atoms with E-state index in [1.165, 1.54) is 12.2 Å². The lowest BCUT2D eigenvalue weighted by molar-refractivity contribution is 0.103. The number of methoxy groups -OCH3 is 4. The van der Waals surface area contributed by atoms with Crippen LogP contribution in [-0.4, -0.2) is 57.4 Å². The minimum Gasteiger partial charge on any atom is -0.495 e. The fourth-order valence-corrected chi connectivity index (χ4v) is 18.9. The van der Waals surface area contributed by atoms with Crippen LogP contribution in [0.1, 0.15) is 127 Å². The van der Waals surface area contributed by atoms with Gasteiger partial charge >= 0.3 is 34.1 Å². The van der Waals surface area contributed by atoms with Crippen LogP contribution < -0.4 is 55.1 Å². The number of ketones is 2. The van der Waals surface area contributed by atoms with Gasteiger partial charge in [0.15, 0.2) is 11.6 Å². The van der Waals surface area contributed by atoms with Gasteiger partial charge in [0.1, 0.15) is 69.0 Å². The van der Waals surface area contributed by atoms with E-state index >= 15 is 9.59 Å². The summed E-state index contributed by atoms with van der Waals surface area (Å²) in [5, 5.41) is 0. The summed E-state index contributed by atoms with van der Waals surface area (Å²) < 4.78 is 92.3. The maximum atomic E-state index is 15.1. The highest BCUT2D eigenvalue weighted by molar-refractivity contribution is 7.47. The second-order valence-electron chi connectivity index (χ2n) is 24.2. The zero-order valence-electron chi connectivity index (χ0n) is 58.0. The maximum Gasteiger partial charge on any atom is 0.421 e. The molecule has 4 unspecified atom stereocenters. The van der Waals surface area contributed by atoms with Crippen molar-refractivity contribution in [2.24, 2.45) is 0 Å². The van der Waals surface area contributed by atoms with E-state index in [9.17, 15) is 0 Å². The number of fused-ring (bicyclic) bond motifs is 8. The number of nitrogens with zero attached hydrogens (tertiary/aromatic N) is 4. The van der Waals surface area contributed by atoms with Crippen molar-refractivity contribution >= 4 is 70.0 Å². The van der Waals surface area contributed by atoms with Crippen LogP contribution in [0.2, 0.25) is 0 Å². The molecule has 4 atom stereocenters. The van der Waals surface area contributed by atoms with Crippen LogP contribution in [0, 0.1) is 13.8 Å². The lowest BCUT2D eigenvalue weighted by Crippen LogP contribution is -2.13. The summed E-state index contributed by atoms with van der Waals surface area (Å²) in [5.74, 6) is 4.02. The van der Waals surface area contributed by atoms with Gasteiger partial charge in [-0.3, -0.25) is 26.9 Å². The Hall–Kier alpha value is -10.5. The number of allylic oxidation sites excluding steroid dienone is 6. The van der Waals surface area contributed by atoms with Crippen molar-refractivity contribution in [1.82, 2.24) is 17.4 Å². The quantitative estimate of drug-likeness (QED) is 0.0379. The summed E-state index contributed by atoms with van der Waals surface area (Å²) in [6.07, 6.45) is 27.7. The molecule has 18 nitrogen and oxygen atoms in total. The van der Waals surface area contributed by atoms with Gasteiger partial charge in [-0.25, -0.2) is 0 Å². The molecule has 518 valence electrons. The van der Waals surface area contributed by atoms with Crippen molar-refractivity contribution in [3.05, 3.63) is 273 Å². The standard InChI is InChI=1S/C80H74N4O14P4/c1-13-19-51-23-27-67-55(39-51)43-61-71(87-9)31-35-81(61)99(91-67)95-75-47-59(65(85)17-5)49(7)79(97-101-83-37-33-73(89-11)63(83)45-57-41-53(21-15-3)25-29-69(57)93-101)77(75)78-76(96-100-82-36-32-72(88-10)62(82)44-56-40-52(20-14-2)24-28-68(56)92-100)48-60(66(86)18-6)50(8)80(78)98-102-84-38-34-74(90-12)64(84)46-58-42-54(22-16-4)26-30-70(58)94-102/h13-42,47-48H,5-6,43-46H2,1-4,7-12H3/b19-13-,20-14-,21-15-,22-16-. The van der Waals surface area contributed by atoms with E-state index in [-0.39, 0.29) is 45.3 Å². The van der Waals surface area contributed by atoms with E-state index in [0.29, 0.717) is 82.8 Å². The molecule has 0 spiro atoms. The van der Waals surface area contributed by atoms with Gasteiger partial charge in [-0.05, 0) is 161 Å². The average molecular weight is 1440 g/mol. The van der Waals surface area contributed by atoms with Crippen molar-refractivity contribution in [2.45, 2.75) is 67.2 Å². The molecule has 0 bridgehead atoms. The normalized spacial score (nSPS) is 16.3. The molecule has 0 saturated heterocycles. The van der Waals surface area contributed by atoms with Gasteiger partial charge in [0.25, 0.3) is 0 Å². The molecule has 8 heterocycles. The molecule has 22 heteroatoms. The molecule has 14 rings (SSSR count). The molecule has 0 aliphatic carbocycles. The molecule has 0 saturated carbocycles. The largest absolute Gasteiger partial charge is 0.495 e. The summed E-state index contributed by atoms with van der Waals surface area (Å²) in [7, 11) is -2.84. The lowest BCUT2D eigenvalue weighted by Gasteiger charge is -2.29. The summed E-state index contributed by atoms with van der Waals surface area (Å²) >= 11 is 0. The number of benzene rings is 6. The number of aromatic nitrogens is 4. The monoisotopic (exact) mass is 1440 g/mol. The Morgan fingerprint density at radius 1 is 0.382 bits per heavy atom. The Labute approximate surface area is 597 Å². The third-order valence-electron chi connectivity index (χ3n) is 18.0. The Morgan fingerprint density at radius 2 is 0.647 bits per heavy atom. The van der Waals surface area contributed by atoms with Crippen LogP contribution in [0.3, 0.4) is 0 Å². The third-order valence-corrected chi connectivity index (χ3v) is 23.7. The van der Waals surface area contributed by atoms with Gasteiger partial charge in [0.2, 0.25) is 0 Å². The predicted molar refractivity (Wildman–Crippen MR) is 404 cm³/mol. The van der Waals surface area contributed by atoms with Crippen LogP contribution in [0.4, 0.5) is 0 Å². The molecule has 0 fully saturated rings. The Morgan fingerprint density at radius 3 is 0.892 bits per heavy atom. The van der Waals surface area contributed by atoms with Crippen molar-refractivity contribution in [3.8, 4) is 80.1 Å². The van der Waals surface area contributed by atoms with Crippen LogP contribution >= 0.6 is 34.1 Å². The molecule has 10 aromatic rings. The lowest BCUT2D eigenvalue weighted by atomic mass is 9.91.